The molecule has 0 amide bonds. The molecular weight excluding hydrogens is 296 g/mol. The van der Waals surface area contributed by atoms with E-state index in [4.69, 9.17) is 4.74 Å². The van der Waals surface area contributed by atoms with Crippen LogP contribution >= 0.6 is 12.6 Å². The quantitative estimate of drug-likeness (QED) is 0.637. The van der Waals surface area contributed by atoms with E-state index in [0.717, 1.165) is 22.3 Å². The van der Waals surface area contributed by atoms with E-state index in [1.807, 2.05) is 46.8 Å². The van der Waals surface area contributed by atoms with Crippen molar-refractivity contribution in [1.29, 1.82) is 0 Å². The summed E-state index contributed by atoms with van der Waals surface area (Å²) >= 11 is 4.51. The lowest BCUT2D eigenvalue weighted by Crippen LogP contribution is -2.35. The molecule has 0 aliphatic carbocycles. The molecule has 3 nitrogen and oxygen atoms in total. The van der Waals surface area contributed by atoms with Gasteiger partial charge in [0.2, 0.25) is 0 Å². The number of benzene rings is 1. The molecule has 0 heterocycles. The van der Waals surface area contributed by atoms with Gasteiger partial charge in [-0.05, 0) is 50.8 Å². The van der Waals surface area contributed by atoms with E-state index in [0.29, 0.717) is 6.42 Å². The van der Waals surface area contributed by atoms with Gasteiger partial charge < -0.3 is 4.74 Å². The van der Waals surface area contributed by atoms with Gasteiger partial charge in [-0.2, -0.15) is 12.6 Å². The minimum Gasteiger partial charge on any atom is -0.469 e. The predicted molar refractivity (Wildman–Crippen MR) is 92.7 cm³/mol. The van der Waals surface area contributed by atoms with Crippen LogP contribution in [-0.4, -0.2) is 23.6 Å². The molecule has 122 valence electrons. The summed E-state index contributed by atoms with van der Waals surface area (Å²) in [4.78, 5) is 24.8. The summed E-state index contributed by atoms with van der Waals surface area (Å²) in [6.07, 6.45) is 0.660. The van der Waals surface area contributed by atoms with Crippen LogP contribution in [0.1, 0.15) is 54.9 Å². The highest BCUT2D eigenvalue weighted by molar-refractivity contribution is 7.82. The molecule has 1 aromatic carbocycles. The second-order valence-corrected chi connectivity index (χ2v) is 7.12. The van der Waals surface area contributed by atoms with Gasteiger partial charge in [0.1, 0.15) is 0 Å². The van der Waals surface area contributed by atoms with Crippen LogP contribution in [0.5, 0.6) is 0 Å². The average Bonchev–Trinajstić information content (AvgIpc) is 2.44. The summed E-state index contributed by atoms with van der Waals surface area (Å²) in [5, 5.41) is 0. The van der Waals surface area contributed by atoms with Crippen LogP contribution in [0.3, 0.4) is 0 Å². The summed E-state index contributed by atoms with van der Waals surface area (Å²) in [6.45, 7) is 9.72. The van der Waals surface area contributed by atoms with Crippen molar-refractivity contribution in [1.82, 2.24) is 0 Å². The first-order valence-corrected chi connectivity index (χ1v) is 8.00. The van der Waals surface area contributed by atoms with Crippen molar-refractivity contribution in [2.75, 3.05) is 7.11 Å². The van der Waals surface area contributed by atoms with Gasteiger partial charge in [0.15, 0.2) is 5.78 Å². The summed E-state index contributed by atoms with van der Waals surface area (Å²) in [7, 11) is 1.35. The maximum atomic E-state index is 13.0. The van der Waals surface area contributed by atoms with Crippen LogP contribution in [0.2, 0.25) is 0 Å². The van der Waals surface area contributed by atoms with Gasteiger partial charge >= 0.3 is 5.97 Å². The second-order valence-electron chi connectivity index (χ2n) is 6.14. The fraction of sp³-hybridized carbons (Fsp3) is 0.556. The van der Waals surface area contributed by atoms with E-state index in [1.165, 1.54) is 7.11 Å². The molecule has 1 rings (SSSR count). The second kappa shape index (κ2) is 7.32. The molecule has 0 radical (unpaired) electrons. The van der Waals surface area contributed by atoms with E-state index >= 15 is 0 Å². The number of carbonyl (C=O) groups excluding carboxylic acids is 2. The Bertz CT molecular complexity index is 553. The summed E-state index contributed by atoms with van der Waals surface area (Å²) < 4.78 is 4.02. The number of ether oxygens (including phenoxy) is 1. The van der Waals surface area contributed by atoms with E-state index in [9.17, 15) is 9.59 Å². The zero-order chi connectivity index (χ0) is 17.1. The van der Waals surface area contributed by atoms with Crippen molar-refractivity contribution < 1.29 is 14.3 Å². The van der Waals surface area contributed by atoms with Crippen LogP contribution < -0.4 is 0 Å². The van der Waals surface area contributed by atoms with Crippen molar-refractivity contribution in [3.8, 4) is 0 Å². The first kappa shape index (κ1) is 18.8. The molecule has 1 aromatic rings. The maximum Gasteiger partial charge on any atom is 0.306 e. The number of hydrogen-bond donors (Lipinski definition) is 1. The molecule has 0 saturated carbocycles. The van der Waals surface area contributed by atoms with Gasteiger partial charge in [0, 0.05) is 0 Å². The fourth-order valence-electron chi connectivity index (χ4n) is 2.87. The van der Waals surface area contributed by atoms with Crippen molar-refractivity contribution >= 4 is 24.4 Å². The Morgan fingerprint density at radius 3 is 2.14 bits per heavy atom. The largest absolute Gasteiger partial charge is 0.469 e. The number of rotatable bonds is 6. The van der Waals surface area contributed by atoms with Crippen LogP contribution in [-0.2, 0) is 14.3 Å². The first-order valence-electron chi connectivity index (χ1n) is 7.55. The number of Topliss-reactive ketones (excluding diaryl/α,β-unsaturated/α-hetero) is 1. The van der Waals surface area contributed by atoms with Gasteiger partial charge in [-0.3, -0.25) is 9.59 Å². The Morgan fingerprint density at radius 2 is 1.73 bits per heavy atom. The lowest BCUT2D eigenvalue weighted by Gasteiger charge is -2.28. The standard InChI is InChI=1S/C18H26O3S/c1-7-18(5,22)17(20)14(10-15(19)21-6)16-12(3)8-11(2)9-13(16)4/h8-9,14,22H,7,10H2,1-6H3. The van der Waals surface area contributed by atoms with E-state index in [1.54, 1.807) is 0 Å². The van der Waals surface area contributed by atoms with Gasteiger partial charge in [-0.15, -0.1) is 0 Å². The Kier molecular flexibility index (Phi) is 6.24. The first-order chi connectivity index (χ1) is 10.1. The minimum absolute atomic E-state index is 0.0289. The van der Waals surface area contributed by atoms with Crippen LogP contribution in [0, 0.1) is 20.8 Å². The van der Waals surface area contributed by atoms with Crippen molar-refractivity contribution in [2.45, 2.75) is 58.1 Å². The van der Waals surface area contributed by atoms with Crippen LogP contribution in [0.15, 0.2) is 12.1 Å². The highest BCUT2D eigenvalue weighted by Gasteiger charge is 2.36. The zero-order valence-corrected chi connectivity index (χ0v) is 15.2. The molecule has 22 heavy (non-hydrogen) atoms. The number of ketones is 1. The molecule has 0 saturated heterocycles. The van der Waals surface area contributed by atoms with Crippen LogP contribution in [0.4, 0.5) is 0 Å². The molecule has 0 fully saturated rings. The fourth-order valence-corrected chi connectivity index (χ4v) is 3.02. The topological polar surface area (TPSA) is 43.4 Å². The Balaban J connectivity index is 3.39. The number of aryl methyl sites for hydroxylation is 3. The minimum atomic E-state index is -0.761. The van der Waals surface area contributed by atoms with Gasteiger partial charge in [0.05, 0.1) is 24.2 Å². The smallest absolute Gasteiger partial charge is 0.306 e. The molecule has 2 unspecified atom stereocenters. The highest BCUT2D eigenvalue weighted by Crippen LogP contribution is 2.35. The van der Waals surface area contributed by atoms with E-state index < -0.39 is 10.7 Å². The molecule has 0 aromatic heterocycles. The van der Waals surface area contributed by atoms with Crippen molar-refractivity contribution in [2.24, 2.45) is 0 Å². The van der Waals surface area contributed by atoms with Gasteiger partial charge in [-0.25, -0.2) is 0 Å². The summed E-state index contributed by atoms with van der Waals surface area (Å²) in [6, 6.07) is 4.09. The predicted octanol–water partition coefficient (Wildman–Crippen LogP) is 3.93. The lowest BCUT2D eigenvalue weighted by molar-refractivity contribution is -0.142. The van der Waals surface area contributed by atoms with E-state index in [2.05, 4.69) is 12.6 Å². The molecule has 0 N–H and O–H groups in total. The number of carbonyl (C=O) groups is 2. The summed E-state index contributed by atoms with van der Waals surface area (Å²) in [5.74, 6) is -0.924. The Labute approximate surface area is 138 Å². The molecule has 4 heteroatoms. The average molecular weight is 322 g/mol. The van der Waals surface area contributed by atoms with E-state index in [-0.39, 0.29) is 18.2 Å². The van der Waals surface area contributed by atoms with Gasteiger partial charge in [-0.1, -0.05) is 24.6 Å². The lowest BCUT2D eigenvalue weighted by atomic mass is 9.80. The monoisotopic (exact) mass is 322 g/mol. The number of hydrogen-bond acceptors (Lipinski definition) is 4. The van der Waals surface area contributed by atoms with Crippen molar-refractivity contribution in [3.63, 3.8) is 0 Å². The normalized spacial score (nSPS) is 15.0. The highest BCUT2D eigenvalue weighted by atomic mass is 32.1. The molecule has 0 bridgehead atoms. The maximum absolute atomic E-state index is 13.0. The molecule has 0 aliphatic heterocycles. The third-order valence-electron chi connectivity index (χ3n) is 4.22. The molecule has 0 spiro atoms. The third-order valence-corrected chi connectivity index (χ3v) is 4.76. The molecule has 0 aliphatic rings. The number of thiol groups is 1. The Morgan fingerprint density at radius 1 is 1.23 bits per heavy atom. The van der Waals surface area contributed by atoms with Crippen LogP contribution in [0.25, 0.3) is 0 Å². The van der Waals surface area contributed by atoms with Crippen molar-refractivity contribution in [3.05, 3.63) is 34.4 Å². The molecule has 2 atom stereocenters. The summed E-state index contributed by atoms with van der Waals surface area (Å²) in [5.41, 5.74) is 4.13. The SMILES string of the molecule is CCC(C)(S)C(=O)C(CC(=O)OC)c1c(C)cc(C)cc1C. The molecular formula is C18H26O3S. The Hall–Kier alpha value is -1.29. The third kappa shape index (κ3) is 4.13. The zero-order valence-electron chi connectivity index (χ0n) is 14.3. The number of esters is 1. The van der Waals surface area contributed by atoms with Gasteiger partial charge in [0.25, 0.3) is 0 Å². The number of methoxy groups -OCH3 is 1.